The highest BCUT2D eigenvalue weighted by Crippen LogP contribution is 2.17. The van der Waals surface area contributed by atoms with Crippen molar-refractivity contribution in [2.75, 3.05) is 6.61 Å². The molecule has 1 rings (SSSR count). The molecule has 70 valence electrons. The second-order valence-corrected chi connectivity index (χ2v) is 2.95. The number of ether oxygens (including phenoxy) is 1. The second kappa shape index (κ2) is 4.65. The van der Waals surface area contributed by atoms with Crippen molar-refractivity contribution >= 4 is 5.78 Å². The van der Waals surface area contributed by atoms with Crippen molar-refractivity contribution in [3.05, 3.63) is 29.8 Å². The highest BCUT2D eigenvalue weighted by Gasteiger charge is 2.01. The fourth-order valence-corrected chi connectivity index (χ4v) is 1.12. The third-order valence-corrected chi connectivity index (χ3v) is 1.78. The predicted octanol–water partition coefficient (Wildman–Crippen LogP) is 2.22. The molecule has 0 N–H and O–H groups in total. The standard InChI is InChI=1S/C11H14O2/c1-3-10-6-4-5-7-11(10)13-8-9(2)12/h4-7H,3,8H2,1-2H3. The van der Waals surface area contributed by atoms with Crippen LogP contribution in [0, 0.1) is 0 Å². The van der Waals surface area contributed by atoms with Gasteiger partial charge in [0.1, 0.15) is 12.4 Å². The molecular weight excluding hydrogens is 164 g/mol. The zero-order valence-electron chi connectivity index (χ0n) is 8.04. The highest BCUT2D eigenvalue weighted by molar-refractivity contribution is 5.77. The molecule has 0 atom stereocenters. The zero-order chi connectivity index (χ0) is 9.68. The summed E-state index contributed by atoms with van der Waals surface area (Å²) in [4.78, 5) is 10.7. The van der Waals surface area contributed by atoms with Gasteiger partial charge in [-0.1, -0.05) is 25.1 Å². The van der Waals surface area contributed by atoms with Crippen molar-refractivity contribution in [3.63, 3.8) is 0 Å². The Bertz CT molecular complexity index is 292. The molecule has 0 aliphatic rings. The molecular formula is C11H14O2. The van der Waals surface area contributed by atoms with E-state index >= 15 is 0 Å². The SMILES string of the molecule is CCc1ccccc1OCC(C)=O. The molecule has 0 saturated carbocycles. The first kappa shape index (κ1) is 9.78. The first-order chi connectivity index (χ1) is 6.24. The van der Waals surface area contributed by atoms with Crippen molar-refractivity contribution < 1.29 is 9.53 Å². The lowest BCUT2D eigenvalue weighted by Crippen LogP contribution is -2.07. The first-order valence-electron chi connectivity index (χ1n) is 4.44. The van der Waals surface area contributed by atoms with E-state index < -0.39 is 0 Å². The maximum atomic E-state index is 10.7. The molecule has 0 fully saturated rings. The topological polar surface area (TPSA) is 26.3 Å². The summed E-state index contributed by atoms with van der Waals surface area (Å²) in [6.45, 7) is 3.75. The molecule has 0 bridgehead atoms. The van der Waals surface area contributed by atoms with Crippen LogP contribution in [0.5, 0.6) is 5.75 Å². The van der Waals surface area contributed by atoms with Crippen molar-refractivity contribution in [3.8, 4) is 5.75 Å². The number of aryl methyl sites for hydroxylation is 1. The van der Waals surface area contributed by atoms with E-state index in [9.17, 15) is 4.79 Å². The van der Waals surface area contributed by atoms with Gasteiger partial charge in [-0.05, 0) is 25.0 Å². The van der Waals surface area contributed by atoms with Crippen LogP contribution < -0.4 is 4.74 Å². The fraction of sp³-hybridized carbons (Fsp3) is 0.364. The summed E-state index contributed by atoms with van der Waals surface area (Å²) in [5.41, 5.74) is 1.14. The van der Waals surface area contributed by atoms with Crippen LogP contribution in [0.15, 0.2) is 24.3 Å². The molecule has 2 heteroatoms. The van der Waals surface area contributed by atoms with Crippen LogP contribution in [0.2, 0.25) is 0 Å². The molecule has 0 amide bonds. The van der Waals surface area contributed by atoms with Gasteiger partial charge in [0.15, 0.2) is 5.78 Å². The average Bonchev–Trinajstić information content (AvgIpc) is 2.15. The summed E-state index contributed by atoms with van der Waals surface area (Å²) in [6, 6.07) is 7.78. The molecule has 0 spiro atoms. The van der Waals surface area contributed by atoms with Crippen molar-refractivity contribution in [2.45, 2.75) is 20.3 Å². The summed E-state index contributed by atoms with van der Waals surface area (Å²) in [5.74, 6) is 0.867. The lowest BCUT2D eigenvalue weighted by molar-refractivity contribution is -0.118. The number of hydrogen-bond acceptors (Lipinski definition) is 2. The van der Waals surface area contributed by atoms with Crippen LogP contribution in [0.1, 0.15) is 19.4 Å². The van der Waals surface area contributed by atoms with Gasteiger partial charge in [-0.2, -0.15) is 0 Å². The molecule has 0 aromatic heterocycles. The zero-order valence-corrected chi connectivity index (χ0v) is 8.04. The molecule has 1 aromatic carbocycles. The number of Topliss-reactive ketones (excluding diaryl/α,β-unsaturated/α-hetero) is 1. The highest BCUT2D eigenvalue weighted by atomic mass is 16.5. The van der Waals surface area contributed by atoms with Crippen LogP contribution in [-0.4, -0.2) is 12.4 Å². The normalized spacial score (nSPS) is 9.69. The fourth-order valence-electron chi connectivity index (χ4n) is 1.12. The lowest BCUT2D eigenvalue weighted by Gasteiger charge is -2.07. The van der Waals surface area contributed by atoms with Crippen LogP contribution in [0.3, 0.4) is 0 Å². The minimum atomic E-state index is 0.0471. The number of hydrogen-bond donors (Lipinski definition) is 0. The quantitative estimate of drug-likeness (QED) is 0.706. The van der Waals surface area contributed by atoms with Crippen molar-refractivity contribution in [1.29, 1.82) is 0 Å². The molecule has 13 heavy (non-hydrogen) atoms. The van der Waals surface area contributed by atoms with Gasteiger partial charge in [-0.25, -0.2) is 0 Å². The Labute approximate surface area is 78.5 Å². The summed E-state index contributed by atoms with van der Waals surface area (Å²) in [5, 5.41) is 0. The minimum absolute atomic E-state index is 0.0471. The largest absolute Gasteiger partial charge is 0.486 e. The Balaban J connectivity index is 2.69. The van der Waals surface area contributed by atoms with E-state index in [4.69, 9.17) is 4.74 Å². The van der Waals surface area contributed by atoms with Gasteiger partial charge in [0.2, 0.25) is 0 Å². The van der Waals surface area contributed by atoms with Gasteiger partial charge in [0, 0.05) is 0 Å². The van der Waals surface area contributed by atoms with Gasteiger partial charge in [-0.3, -0.25) is 4.79 Å². The third kappa shape index (κ3) is 2.90. The smallest absolute Gasteiger partial charge is 0.167 e. The number of para-hydroxylation sites is 1. The number of carbonyl (C=O) groups is 1. The molecule has 0 aliphatic heterocycles. The van der Waals surface area contributed by atoms with E-state index in [-0.39, 0.29) is 12.4 Å². The third-order valence-electron chi connectivity index (χ3n) is 1.78. The number of carbonyl (C=O) groups excluding carboxylic acids is 1. The molecule has 0 heterocycles. The van der Waals surface area contributed by atoms with E-state index in [1.165, 1.54) is 6.92 Å². The molecule has 0 aliphatic carbocycles. The lowest BCUT2D eigenvalue weighted by atomic mass is 10.1. The molecule has 2 nitrogen and oxygen atoms in total. The van der Waals surface area contributed by atoms with Gasteiger partial charge < -0.3 is 4.74 Å². The maximum Gasteiger partial charge on any atom is 0.167 e. The average molecular weight is 178 g/mol. The summed E-state index contributed by atoms with van der Waals surface area (Å²) in [6.07, 6.45) is 0.925. The maximum absolute atomic E-state index is 10.7. The molecule has 0 radical (unpaired) electrons. The van der Waals surface area contributed by atoms with Gasteiger partial charge in [0.05, 0.1) is 0 Å². The van der Waals surface area contributed by atoms with Crippen molar-refractivity contribution in [1.82, 2.24) is 0 Å². The Morgan fingerprint density at radius 2 is 2.08 bits per heavy atom. The first-order valence-corrected chi connectivity index (χ1v) is 4.44. The van der Waals surface area contributed by atoms with Gasteiger partial charge in [-0.15, -0.1) is 0 Å². The monoisotopic (exact) mass is 178 g/mol. The van der Waals surface area contributed by atoms with E-state index in [1.807, 2.05) is 24.3 Å². The van der Waals surface area contributed by atoms with Crippen molar-refractivity contribution in [2.24, 2.45) is 0 Å². The van der Waals surface area contributed by atoms with E-state index in [2.05, 4.69) is 6.92 Å². The summed E-state index contributed by atoms with van der Waals surface area (Å²) >= 11 is 0. The summed E-state index contributed by atoms with van der Waals surface area (Å²) < 4.78 is 5.34. The summed E-state index contributed by atoms with van der Waals surface area (Å²) in [7, 11) is 0. The van der Waals surface area contributed by atoms with Crippen LogP contribution in [0.25, 0.3) is 0 Å². The number of rotatable bonds is 4. The van der Waals surface area contributed by atoms with E-state index in [0.29, 0.717) is 0 Å². The second-order valence-electron chi connectivity index (χ2n) is 2.95. The van der Waals surface area contributed by atoms with E-state index in [0.717, 1.165) is 17.7 Å². The minimum Gasteiger partial charge on any atom is -0.486 e. The van der Waals surface area contributed by atoms with Gasteiger partial charge in [0.25, 0.3) is 0 Å². The number of benzene rings is 1. The predicted molar refractivity (Wildman–Crippen MR) is 52.0 cm³/mol. The molecule has 1 aromatic rings. The number of ketones is 1. The van der Waals surface area contributed by atoms with Gasteiger partial charge >= 0.3 is 0 Å². The Morgan fingerprint density at radius 1 is 1.38 bits per heavy atom. The van der Waals surface area contributed by atoms with Crippen LogP contribution in [-0.2, 0) is 11.2 Å². The Hall–Kier alpha value is -1.31. The Morgan fingerprint density at radius 3 is 2.69 bits per heavy atom. The van der Waals surface area contributed by atoms with E-state index in [1.54, 1.807) is 0 Å². The molecule has 0 unspecified atom stereocenters. The van der Waals surface area contributed by atoms with Crippen LogP contribution in [0.4, 0.5) is 0 Å². The Kier molecular flexibility index (Phi) is 3.50. The molecule has 0 saturated heterocycles. The van der Waals surface area contributed by atoms with Crippen LogP contribution >= 0.6 is 0 Å².